The van der Waals surface area contributed by atoms with Crippen LogP contribution in [0.1, 0.15) is 39.5 Å². The molecule has 2 aliphatic heterocycles. The third-order valence-electron chi connectivity index (χ3n) is 3.98. The van der Waals surface area contributed by atoms with Gasteiger partial charge in [-0.2, -0.15) is 0 Å². The molecule has 0 aromatic heterocycles. The maximum Gasteiger partial charge on any atom is 0.317 e. The molecule has 4 heteroatoms. The van der Waals surface area contributed by atoms with Crippen LogP contribution in [0.4, 0.5) is 4.79 Å². The lowest BCUT2D eigenvalue weighted by molar-refractivity contribution is 0.213. The number of nitrogens with one attached hydrogen (secondary N) is 2. The maximum atomic E-state index is 11.8. The van der Waals surface area contributed by atoms with Crippen molar-refractivity contribution in [2.45, 2.75) is 51.6 Å². The van der Waals surface area contributed by atoms with Crippen molar-refractivity contribution in [2.75, 3.05) is 19.6 Å². The normalized spacial score (nSPS) is 29.8. The quantitative estimate of drug-likeness (QED) is 0.782. The molecule has 2 heterocycles. The number of carbonyl (C=O) groups excluding carboxylic acids is 1. The Morgan fingerprint density at radius 3 is 2.82 bits per heavy atom. The van der Waals surface area contributed by atoms with Crippen LogP contribution in [0.15, 0.2) is 0 Å². The molecule has 98 valence electrons. The summed E-state index contributed by atoms with van der Waals surface area (Å²) in [6.45, 7) is 7.25. The topological polar surface area (TPSA) is 44.4 Å². The minimum atomic E-state index is 0.125. The first-order valence-corrected chi connectivity index (χ1v) is 6.95. The van der Waals surface area contributed by atoms with E-state index in [1.165, 1.54) is 19.3 Å². The summed E-state index contributed by atoms with van der Waals surface area (Å²) in [6.07, 6.45) is 5.00. The van der Waals surface area contributed by atoms with E-state index < -0.39 is 0 Å². The number of hydrogen-bond acceptors (Lipinski definition) is 2. The minimum absolute atomic E-state index is 0.125. The Morgan fingerprint density at radius 2 is 2.24 bits per heavy atom. The standard InChI is InChI=1S/C13H25N3O/c1-10(2)12-9-16(13(17)15-12)8-6-11-5-3-4-7-14-11/h10-12,14H,3-9H2,1-2H3,(H,15,17). The lowest BCUT2D eigenvalue weighted by atomic mass is 10.0. The summed E-state index contributed by atoms with van der Waals surface area (Å²) in [7, 11) is 0. The van der Waals surface area contributed by atoms with E-state index in [1.807, 2.05) is 4.90 Å². The van der Waals surface area contributed by atoms with Crippen LogP contribution >= 0.6 is 0 Å². The number of hydrogen-bond donors (Lipinski definition) is 2. The van der Waals surface area contributed by atoms with Crippen LogP contribution in [-0.4, -0.2) is 42.6 Å². The highest BCUT2D eigenvalue weighted by Gasteiger charge is 2.30. The molecule has 0 bridgehead atoms. The van der Waals surface area contributed by atoms with E-state index in [-0.39, 0.29) is 6.03 Å². The van der Waals surface area contributed by atoms with Crippen molar-refractivity contribution in [3.8, 4) is 0 Å². The molecule has 2 rings (SSSR count). The summed E-state index contributed by atoms with van der Waals surface area (Å²) in [5.41, 5.74) is 0. The third kappa shape index (κ3) is 3.35. The lowest BCUT2D eigenvalue weighted by Gasteiger charge is -2.25. The summed E-state index contributed by atoms with van der Waals surface area (Å²) in [4.78, 5) is 13.7. The van der Waals surface area contributed by atoms with Crippen LogP contribution < -0.4 is 10.6 Å². The van der Waals surface area contributed by atoms with E-state index in [2.05, 4.69) is 24.5 Å². The zero-order valence-electron chi connectivity index (χ0n) is 11.0. The molecular weight excluding hydrogens is 214 g/mol. The minimum Gasteiger partial charge on any atom is -0.333 e. The number of rotatable bonds is 4. The fraction of sp³-hybridized carbons (Fsp3) is 0.923. The summed E-state index contributed by atoms with van der Waals surface area (Å²) in [5, 5.41) is 6.59. The molecule has 2 aliphatic rings. The van der Waals surface area contributed by atoms with Crippen molar-refractivity contribution >= 4 is 6.03 Å². The van der Waals surface area contributed by atoms with Gasteiger partial charge in [-0.1, -0.05) is 20.3 Å². The molecule has 0 saturated carbocycles. The van der Waals surface area contributed by atoms with Gasteiger partial charge in [-0.25, -0.2) is 4.79 Å². The third-order valence-corrected chi connectivity index (χ3v) is 3.98. The van der Waals surface area contributed by atoms with Crippen LogP contribution in [0.25, 0.3) is 0 Å². The van der Waals surface area contributed by atoms with Gasteiger partial charge in [-0.3, -0.25) is 0 Å². The number of amides is 2. The molecule has 0 spiro atoms. The van der Waals surface area contributed by atoms with E-state index >= 15 is 0 Å². The first-order valence-electron chi connectivity index (χ1n) is 6.95. The van der Waals surface area contributed by atoms with E-state index in [9.17, 15) is 4.79 Å². The van der Waals surface area contributed by atoms with E-state index in [4.69, 9.17) is 0 Å². The van der Waals surface area contributed by atoms with Gasteiger partial charge >= 0.3 is 6.03 Å². The molecular formula is C13H25N3O. The van der Waals surface area contributed by atoms with Crippen LogP contribution in [0.2, 0.25) is 0 Å². The number of piperidine rings is 1. The first kappa shape index (κ1) is 12.7. The molecule has 0 aromatic carbocycles. The Bertz CT molecular complexity index is 261. The molecule has 0 aromatic rings. The molecule has 2 N–H and O–H groups in total. The average Bonchev–Trinajstić information content (AvgIpc) is 2.70. The van der Waals surface area contributed by atoms with Gasteiger partial charge in [0.25, 0.3) is 0 Å². The van der Waals surface area contributed by atoms with E-state index in [0.29, 0.717) is 18.0 Å². The van der Waals surface area contributed by atoms with Crippen LogP contribution in [-0.2, 0) is 0 Å². The molecule has 0 aliphatic carbocycles. The molecule has 2 fully saturated rings. The molecule has 2 unspecified atom stereocenters. The fourth-order valence-corrected chi connectivity index (χ4v) is 2.67. The highest BCUT2D eigenvalue weighted by atomic mass is 16.2. The highest BCUT2D eigenvalue weighted by Crippen LogP contribution is 2.15. The van der Waals surface area contributed by atoms with Gasteiger partial charge < -0.3 is 15.5 Å². The Morgan fingerprint density at radius 1 is 1.41 bits per heavy atom. The zero-order chi connectivity index (χ0) is 12.3. The van der Waals surface area contributed by atoms with Crippen molar-refractivity contribution in [1.29, 1.82) is 0 Å². The van der Waals surface area contributed by atoms with Crippen LogP contribution in [0.5, 0.6) is 0 Å². The van der Waals surface area contributed by atoms with Gasteiger partial charge in [0.2, 0.25) is 0 Å². The van der Waals surface area contributed by atoms with E-state index in [0.717, 1.165) is 26.1 Å². The smallest absolute Gasteiger partial charge is 0.317 e. The van der Waals surface area contributed by atoms with Crippen LogP contribution in [0.3, 0.4) is 0 Å². The summed E-state index contributed by atoms with van der Waals surface area (Å²) >= 11 is 0. The molecule has 17 heavy (non-hydrogen) atoms. The van der Waals surface area contributed by atoms with Gasteiger partial charge in [-0.05, 0) is 31.7 Å². The zero-order valence-corrected chi connectivity index (χ0v) is 11.0. The first-order chi connectivity index (χ1) is 8.16. The molecule has 0 radical (unpaired) electrons. The summed E-state index contributed by atoms with van der Waals surface area (Å²) in [5.74, 6) is 0.525. The fourth-order valence-electron chi connectivity index (χ4n) is 2.67. The monoisotopic (exact) mass is 239 g/mol. The van der Waals surface area contributed by atoms with Crippen molar-refractivity contribution in [1.82, 2.24) is 15.5 Å². The lowest BCUT2D eigenvalue weighted by Crippen LogP contribution is -2.38. The average molecular weight is 239 g/mol. The Hall–Kier alpha value is -0.770. The molecule has 2 amide bonds. The Kier molecular flexibility index (Phi) is 4.26. The maximum absolute atomic E-state index is 11.8. The second-order valence-corrected chi connectivity index (χ2v) is 5.68. The predicted molar refractivity (Wildman–Crippen MR) is 69.0 cm³/mol. The number of nitrogens with zero attached hydrogens (tertiary/aromatic N) is 1. The predicted octanol–water partition coefficient (Wildman–Crippen LogP) is 1.57. The molecule has 2 atom stereocenters. The van der Waals surface area contributed by atoms with Crippen molar-refractivity contribution in [2.24, 2.45) is 5.92 Å². The number of urea groups is 1. The van der Waals surface area contributed by atoms with E-state index in [1.54, 1.807) is 0 Å². The molecule has 4 nitrogen and oxygen atoms in total. The van der Waals surface area contributed by atoms with Crippen molar-refractivity contribution < 1.29 is 4.79 Å². The van der Waals surface area contributed by atoms with Crippen LogP contribution in [0, 0.1) is 5.92 Å². The highest BCUT2D eigenvalue weighted by molar-refractivity contribution is 5.76. The molecule has 2 saturated heterocycles. The SMILES string of the molecule is CC(C)C1CN(CCC2CCCCN2)C(=O)N1. The Labute approximate surface area is 104 Å². The van der Waals surface area contributed by atoms with Gasteiger partial charge in [0, 0.05) is 19.1 Å². The Balaban J connectivity index is 1.73. The summed E-state index contributed by atoms with van der Waals surface area (Å²) in [6, 6.07) is 1.08. The summed E-state index contributed by atoms with van der Waals surface area (Å²) < 4.78 is 0. The van der Waals surface area contributed by atoms with Crippen molar-refractivity contribution in [3.63, 3.8) is 0 Å². The van der Waals surface area contributed by atoms with Gasteiger partial charge in [0.1, 0.15) is 0 Å². The van der Waals surface area contributed by atoms with Crippen molar-refractivity contribution in [3.05, 3.63) is 0 Å². The number of carbonyl (C=O) groups is 1. The van der Waals surface area contributed by atoms with Gasteiger partial charge in [0.15, 0.2) is 0 Å². The van der Waals surface area contributed by atoms with Gasteiger partial charge in [0.05, 0.1) is 6.04 Å². The second kappa shape index (κ2) is 5.71. The largest absolute Gasteiger partial charge is 0.333 e. The van der Waals surface area contributed by atoms with Gasteiger partial charge in [-0.15, -0.1) is 0 Å². The second-order valence-electron chi connectivity index (χ2n) is 5.68.